The van der Waals surface area contributed by atoms with Crippen LogP contribution < -0.4 is 10.6 Å². The number of nitrogens with one attached hydrogen (secondary N) is 2. The van der Waals surface area contributed by atoms with E-state index in [1.54, 1.807) is 6.07 Å². The van der Waals surface area contributed by atoms with Gasteiger partial charge < -0.3 is 10.6 Å². The minimum atomic E-state index is -0.124. The summed E-state index contributed by atoms with van der Waals surface area (Å²) in [6.45, 7) is 2.93. The van der Waals surface area contributed by atoms with Crippen LogP contribution in [0.15, 0.2) is 42.5 Å². The van der Waals surface area contributed by atoms with Gasteiger partial charge in [0.1, 0.15) is 0 Å². The van der Waals surface area contributed by atoms with Crippen molar-refractivity contribution in [2.24, 2.45) is 0 Å². The van der Waals surface area contributed by atoms with Gasteiger partial charge in [-0.1, -0.05) is 24.3 Å². The fourth-order valence-corrected chi connectivity index (χ4v) is 1.89. The predicted molar refractivity (Wildman–Crippen MR) is 79.3 cm³/mol. The molecule has 2 rings (SSSR count). The molecule has 0 atom stereocenters. The van der Waals surface area contributed by atoms with E-state index in [1.165, 1.54) is 13.8 Å². The number of amides is 2. The molecule has 1 radical (unpaired) electrons. The van der Waals surface area contributed by atoms with Crippen LogP contribution in [0, 0.1) is 6.07 Å². The normalized spacial score (nSPS) is 9.90. The highest BCUT2D eigenvalue weighted by Gasteiger charge is 2.06. The first-order chi connectivity index (χ1) is 9.56. The van der Waals surface area contributed by atoms with E-state index in [4.69, 9.17) is 0 Å². The smallest absolute Gasteiger partial charge is 0.221 e. The Morgan fingerprint density at radius 2 is 1.60 bits per heavy atom. The third kappa shape index (κ3) is 3.45. The van der Waals surface area contributed by atoms with Gasteiger partial charge in [0.2, 0.25) is 11.8 Å². The summed E-state index contributed by atoms with van der Waals surface area (Å²) in [6.07, 6.45) is 0. The second kappa shape index (κ2) is 6.02. The van der Waals surface area contributed by atoms with Crippen LogP contribution in [0.2, 0.25) is 0 Å². The summed E-state index contributed by atoms with van der Waals surface area (Å²) < 4.78 is 0. The molecule has 0 aliphatic rings. The summed E-state index contributed by atoms with van der Waals surface area (Å²) in [6, 6.07) is 15.9. The fraction of sp³-hybridized carbons (Fsp3) is 0.125. The molecule has 101 valence electrons. The molecule has 0 saturated heterocycles. The monoisotopic (exact) mass is 267 g/mol. The molecule has 2 aromatic rings. The Morgan fingerprint density at radius 1 is 0.950 bits per heavy atom. The molecule has 2 aromatic carbocycles. The molecular weight excluding hydrogens is 252 g/mol. The van der Waals surface area contributed by atoms with Gasteiger partial charge in [-0.25, -0.2) is 0 Å². The number of hydrogen-bond acceptors (Lipinski definition) is 2. The Bertz CT molecular complexity index is 633. The second-order valence-corrected chi connectivity index (χ2v) is 4.40. The van der Waals surface area contributed by atoms with Gasteiger partial charge in [-0.3, -0.25) is 9.59 Å². The van der Waals surface area contributed by atoms with Crippen molar-refractivity contribution in [2.75, 3.05) is 10.6 Å². The Balaban J connectivity index is 2.31. The highest BCUT2D eigenvalue weighted by Crippen LogP contribution is 2.28. The number of carbonyl (C=O) groups excluding carboxylic acids is 2. The van der Waals surface area contributed by atoms with Gasteiger partial charge in [0.05, 0.1) is 0 Å². The zero-order valence-electron chi connectivity index (χ0n) is 11.4. The summed E-state index contributed by atoms with van der Waals surface area (Å²) in [5, 5.41) is 5.49. The molecule has 20 heavy (non-hydrogen) atoms. The molecule has 4 heteroatoms. The van der Waals surface area contributed by atoms with Gasteiger partial charge in [-0.2, -0.15) is 0 Å². The Labute approximate surface area is 117 Å². The number of benzene rings is 2. The molecule has 0 aromatic heterocycles. The average molecular weight is 267 g/mol. The van der Waals surface area contributed by atoms with Gasteiger partial charge in [0, 0.05) is 30.8 Å². The molecule has 0 heterocycles. The first kappa shape index (κ1) is 13.8. The standard InChI is InChI=1S/C16H15N2O2/c1-11(19)17-14-9-7-13(8-10-14)15-5-3-4-6-16(15)18-12(2)20/h3-4,6-10H,1-2H3,(H,17,19)(H,18,20). The maximum absolute atomic E-state index is 11.2. The van der Waals surface area contributed by atoms with Gasteiger partial charge in [-0.15, -0.1) is 0 Å². The highest BCUT2D eigenvalue weighted by atomic mass is 16.2. The highest BCUT2D eigenvalue weighted by molar-refractivity contribution is 5.94. The lowest BCUT2D eigenvalue weighted by molar-refractivity contribution is -0.115. The largest absolute Gasteiger partial charge is 0.326 e. The van der Waals surface area contributed by atoms with Gasteiger partial charge >= 0.3 is 0 Å². The average Bonchev–Trinajstić information content (AvgIpc) is 2.39. The van der Waals surface area contributed by atoms with Crippen LogP contribution in [-0.4, -0.2) is 11.8 Å². The van der Waals surface area contributed by atoms with Crippen LogP contribution in [0.3, 0.4) is 0 Å². The van der Waals surface area contributed by atoms with Gasteiger partial charge in [0.25, 0.3) is 0 Å². The zero-order chi connectivity index (χ0) is 14.5. The van der Waals surface area contributed by atoms with E-state index >= 15 is 0 Å². The van der Waals surface area contributed by atoms with Crippen LogP contribution in [0.4, 0.5) is 11.4 Å². The minimum Gasteiger partial charge on any atom is -0.326 e. The zero-order valence-corrected chi connectivity index (χ0v) is 11.4. The van der Waals surface area contributed by atoms with Crippen molar-refractivity contribution in [1.82, 2.24) is 0 Å². The van der Waals surface area contributed by atoms with E-state index in [9.17, 15) is 9.59 Å². The molecule has 0 fully saturated rings. The number of carbonyl (C=O) groups is 2. The molecule has 0 aliphatic heterocycles. The van der Waals surface area contributed by atoms with Crippen molar-refractivity contribution in [3.8, 4) is 11.1 Å². The van der Waals surface area contributed by atoms with E-state index in [0.29, 0.717) is 5.69 Å². The van der Waals surface area contributed by atoms with Crippen LogP contribution >= 0.6 is 0 Å². The Hall–Kier alpha value is -2.62. The van der Waals surface area contributed by atoms with E-state index in [0.717, 1.165) is 16.8 Å². The molecule has 0 bridgehead atoms. The molecule has 0 saturated carbocycles. The number of rotatable bonds is 3. The first-order valence-corrected chi connectivity index (χ1v) is 6.22. The van der Waals surface area contributed by atoms with Gasteiger partial charge in [0.15, 0.2) is 0 Å². The molecule has 2 amide bonds. The summed E-state index contributed by atoms with van der Waals surface area (Å²) in [4.78, 5) is 22.2. The van der Waals surface area contributed by atoms with E-state index in [1.807, 2.05) is 36.4 Å². The summed E-state index contributed by atoms with van der Waals surface area (Å²) >= 11 is 0. The lowest BCUT2D eigenvalue weighted by atomic mass is 10.0. The molecular formula is C16H15N2O2. The van der Waals surface area contributed by atoms with Crippen molar-refractivity contribution in [1.29, 1.82) is 0 Å². The Kier molecular flexibility index (Phi) is 4.15. The second-order valence-electron chi connectivity index (χ2n) is 4.40. The van der Waals surface area contributed by atoms with Crippen LogP contribution in [0.1, 0.15) is 13.8 Å². The number of anilines is 2. The maximum Gasteiger partial charge on any atom is 0.221 e. The lowest BCUT2D eigenvalue weighted by Crippen LogP contribution is -2.07. The summed E-state index contributed by atoms with van der Waals surface area (Å²) in [7, 11) is 0. The SMILES string of the molecule is CC(=O)Nc1ccc(-c2[c]cccc2NC(C)=O)cc1. The quantitative estimate of drug-likeness (QED) is 0.897. The molecule has 4 nitrogen and oxygen atoms in total. The minimum absolute atomic E-state index is 0.108. The summed E-state index contributed by atoms with van der Waals surface area (Å²) in [5.74, 6) is -0.233. The Morgan fingerprint density at radius 3 is 2.20 bits per heavy atom. The van der Waals surface area contributed by atoms with Crippen molar-refractivity contribution in [3.63, 3.8) is 0 Å². The van der Waals surface area contributed by atoms with Crippen molar-refractivity contribution < 1.29 is 9.59 Å². The van der Waals surface area contributed by atoms with E-state index < -0.39 is 0 Å². The topological polar surface area (TPSA) is 58.2 Å². The lowest BCUT2D eigenvalue weighted by Gasteiger charge is -2.10. The molecule has 0 spiro atoms. The molecule has 0 unspecified atom stereocenters. The number of hydrogen-bond donors (Lipinski definition) is 2. The van der Waals surface area contributed by atoms with Crippen LogP contribution in [0.25, 0.3) is 11.1 Å². The maximum atomic E-state index is 11.2. The van der Waals surface area contributed by atoms with Crippen LogP contribution in [-0.2, 0) is 9.59 Å². The van der Waals surface area contributed by atoms with E-state index in [2.05, 4.69) is 16.7 Å². The summed E-state index contributed by atoms with van der Waals surface area (Å²) in [5.41, 5.74) is 3.19. The first-order valence-electron chi connectivity index (χ1n) is 6.22. The predicted octanol–water partition coefficient (Wildman–Crippen LogP) is 3.07. The molecule has 0 aliphatic carbocycles. The van der Waals surface area contributed by atoms with Crippen LogP contribution in [0.5, 0.6) is 0 Å². The third-order valence-corrected chi connectivity index (χ3v) is 2.66. The van der Waals surface area contributed by atoms with Crippen molar-refractivity contribution >= 4 is 23.2 Å². The fourth-order valence-electron chi connectivity index (χ4n) is 1.89. The molecule has 2 N–H and O–H groups in total. The van der Waals surface area contributed by atoms with Crippen molar-refractivity contribution in [2.45, 2.75) is 13.8 Å². The van der Waals surface area contributed by atoms with Crippen molar-refractivity contribution in [3.05, 3.63) is 48.5 Å². The van der Waals surface area contributed by atoms with E-state index in [-0.39, 0.29) is 11.8 Å². The van der Waals surface area contributed by atoms with Gasteiger partial charge in [-0.05, 0) is 29.8 Å². The third-order valence-electron chi connectivity index (χ3n) is 2.66.